The van der Waals surface area contributed by atoms with E-state index in [9.17, 15) is 18.0 Å². The van der Waals surface area contributed by atoms with Gasteiger partial charge in [-0.3, -0.25) is 13.9 Å². The van der Waals surface area contributed by atoms with Crippen LogP contribution in [0.5, 0.6) is 0 Å². The first-order chi connectivity index (χ1) is 12.7. The zero-order chi connectivity index (χ0) is 20.2. The summed E-state index contributed by atoms with van der Waals surface area (Å²) in [6.07, 6.45) is 0.986. The van der Waals surface area contributed by atoms with Crippen LogP contribution < -0.4 is 15.4 Å². The van der Waals surface area contributed by atoms with Gasteiger partial charge >= 0.3 is 11.1 Å². The molecule has 0 atom stereocenters. The van der Waals surface area contributed by atoms with E-state index < -0.39 is 21.1 Å². The maximum Gasteiger partial charge on any atom is 0.314 e. The summed E-state index contributed by atoms with van der Waals surface area (Å²) in [6.45, 7) is 3.04. The number of hydrogen-bond acceptors (Lipinski definition) is 6. The zero-order valence-electron chi connectivity index (χ0n) is 14.7. The highest BCUT2D eigenvalue weighted by atomic mass is 35.5. The van der Waals surface area contributed by atoms with Crippen molar-refractivity contribution in [1.82, 2.24) is 9.97 Å². The lowest BCUT2D eigenvalue weighted by Crippen LogP contribution is -2.35. The molecule has 0 bridgehead atoms. The Bertz CT molecular complexity index is 1030. The number of anilines is 1. The van der Waals surface area contributed by atoms with Crippen molar-refractivity contribution in [3.05, 3.63) is 36.8 Å². The minimum atomic E-state index is -3.80. The standard InChI is InChI=1S/C15H19Cl2N3O6S/c1-3-25-6-7-26-5-4-20(27(2,23)24)13-11(17)9(16)8-10-12(13)19-15(22)14(21)18-10/h8H,3-7H2,1-2H3,(H,18,21)(H,19,22). The number of H-pyrrole nitrogens is 2. The molecule has 2 N–H and O–H groups in total. The molecule has 0 aliphatic rings. The fourth-order valence-electron chi connectivity index (χ4n) is 2.38. The van der Waals surface area contributed by atoms with Crippen molar-refractivity contribution in [3.8, 4) is 0 Å². The molecule has 12 heteroatoms. The number of halogens is 2. The van der Waals surface area contributed by atoms with Gasteiger partial charge in [0, 0.05) is 6.61 Å². The number of benzene rings is 1. The first kappa shape index (κ1) is 21.7. The molecular formula is C15H19Cl2N3O6S. The van der Waals surface area contributed by atoms with Gasteiger partial charge in [0.05, 0.1) is 59.4 Å². The average Bonchev–Trinajstić information content (AvgIpc) is 2.58. The maximum atomic E-state index is 12.3. The average molecular weight is 440 g/mol. The second-order valence-corrected chi connectivity index (χ2v) is 8.19. The lowest BCUT2D eigenvalue weighted by Gasteiger charge is -2.25. The number of ether oxygens (including phenoxy) is 2. The van der Waals surface area contributed by atoms with Crippen LogP contribution in [-0.2, 0) is 19.5 Å². The molecule has 1 heterocycles. The Labute approximate surface area is 165 Å². The molecule has 1 aromatic heterocycles. The van der Waals surface area contributed by atoms with E-state index in [1.54, 1.807) is 0 Å². The Morgan fingerprint density at radius 3 is 2.33 bits per heavy atom. The second kappa shape index (κ2) is 9.07. The summed E-state index contributed by atoms with van der Waals surface area (Å²) < 4.78 is 36.2. The molecule has 0 fully saturated rings. The Hall–Kier alpha value is -1.59. The molecule has 0 saturated carbocycles. The molecule has 1 aromatic carbocycles. The predicted molar refractivity (Wildman–Crippen MR) is 105 cm³/mol. The Morgan fingerprint density at radius 2 is 1.70 bits per heavy atom. The number of hydrogen-bond donors (Lipinski definition) is 2. The fourth-order valence-corrected chi connectivity index (χ4v) is 3.80. The monoisotopic (exact) mass is 439 g/mol. The minimum absolute atomic E-state index is 0.0211. The number of aromatic nitrogens is 2. The van der Waals surface area contributed by atoms with Crippen LogP contribution in [0.4, 0.5) is 5.69 Å². The molecule has 9 nitrogen and oxygen atoms in total. The molecule has 0 aliphatic heterocycles. The number of fused-ring (bicyclic) bond motifs is 1. The summed E-state index contributed by atoms with van der Waals surface area (Å²) >= 11 is 12.3. The topological polar surface area (TPSA) is 122 Å². The van der Waals surface area contributed by atoms with Crippen molar-refractivity contribution in [2.45, 2.75) is 6.92 Å². The van der Waals surface area contributed by atoms with E-state index in [2.05, 4.69) is 9.97 Å². The van der Waals surface area contributed by atoms with Crippen molar-refractivity contribution in [3.63, 3.8) is 0 Å². The Balaban J connectivity index is 2.47. The van der Waals surface area contributed by atoms with Gasteiger partial charge in [0.2, 0.25) is 10.0 Å². The fraction of sp³-hybridized carbons (Fsp3) is 0.467. The van der Waals surface area contributed by atoms with E-state index in [0.717, 1.165) is 10.6 Å². The van der Waals surface area contributed by atoms with E-state index in [1.165, 1.54) is 6.07 Å². The van der Waals surface area contributed by atoms with Crippen LogP contribution in [0.15, 0.2) is 15.7 Å². The van der Waals surface area contributed by atoms with Crippen LogP contribution in [0, 0.1) is 0 Å². The van der Waals surface area contributed by atoms with Gasteiger partial charge in [0.1, 0.15) is 0 Å². The number of nitrogens with zero attached hydrogens (tertiary/aromatic N) is 1. The molecule has 150 valence electrons. The summed E-state index contributed by atoms with van der Waals surface area (Å²) in [5.74, 6) is 0. The minimum Gasteiger partial charge on any atom is -0.379 e. The first-order valence-corrected chi connectivity index (χ1v) is 10.5. The predicted octanol–water partition coefficient (Wildman–Crippen LogP) is 1.34. The van der Waals surface area contributed by atoms with Gasteiger partial charge in [-0.05, 0) is 13.0 Å². The van der Waals surface area contributed by atoms with Crippen LogP contribution in [0.2, 0.25) is 10.0 Å². The van der Waals surface area contributed by atoms with Crippen LogP contribution in [-0.4, -0.2) is 57.6 Å². The van der Waals surface area contributed by atoms with Gasteiger partial charge in [-0.2, -0.15) is 0 Å². The Kier molecular flexibility index (Phi) is 7.29. The molecule has 2 rings (SSSR count). The first-order valence-electron chi connectivity index (χ1n) is 7.94. The third-order valence-electron chi connectivity index (χ3n) is 3.55. The summed E-state index contributed by atoms with van der Waals surface area (Å²) in [7, 11) is -3.80. The van der Waals surface area contributed by atoms with Gasteiger partial charge in [-0.25, -0.2) is 8.42 Å². The number of nitrogens with one attached hydrogen (secondary N) is 2. The third-order valence-corrected chi connectivity index (χ3v) is 5.50. The van der Waals surface area contributed by atoms with Crippen LogP contribution >= 0.6 is 23.2 Å². The lowest BCUT2D eigenvalue weighted by molar-refractivity contribution is 0.0563. The third kappa shape index (κ3) is 5.23. The number of sulfonamides is 1. The highest BCUT2D eigenvalue weighted by molar-refractivity contribution is 7.92. The lowest BCUT2D eigenvalue weighted by atomic mass is 10.2. The molecule has 0 unspecified atom stereocenters. The smallest absolute Gasteiger partial charge is 0.314 e. The molecule has 0 radical (unpaired) electrons. The number of aromatic amines is 2. The van der Waals surface area contributed by atoms with Crippen molar-refractivity contribution < 1.29 is 17.9 Å². The number of rotatable bonds is 9. The second-order valence-electron chi connectivity index (χ2n) is 5.50. The van der Waals surface area contributed by atoms with E-state index >= 15 is 0 Å². The quantitative estimate of drug-likeness (QED) is 0.449. The van der Waals surface area contributed by atoms with Crippen molar-refractivity contribution in [2.75, 3.05) is 43.5 Å². The van der Waals surface area contributed by atoms with E-state index in [0.29, 0.717) is 19.8 Å². The SMILES string of the molecule is CCOCCOCCN(c1c(Cl)c(Cl)cc2[nH]c(=O)c(=O)[nH]c12)S(C)(=O)=O. The van der Waals surface area contributed by atoms with E-state index in [-0.39, 0.29) is 39.9 Å². The van der Waals surface area contributed by atoms with Crippen molar-refractivity contribution >= 4 is 49.9 Å². The summed E-state index contributed by atoms with van der Waals surface area (Å²) in [5, 5.41) is -0.0561. The molecule has 0 spiro atoms. The van der Waals surface area contributed by atoms with Gasteiger partial charge in [-0.1, -0.05) is 23.2 Å². The maximum absolute atomic E-state index is 12.3. The molecular weight excluding hydrogens is 421 g/mol. The van der Waals surface area contributed by atoms with Gasteiger partial charge < -0.3 is 19.4 Å². The van der Waals surface area contributed by atoms with Crippen molar-refractivity contribution in [1.29, 1.82) is 0 Å². The normalized spacial score (nSPS) is 11.9. The highest BCUT2D eigenvalue weighted by Crippen LogP contribution is 2.38. The Morgan fingerprint density at radius 1 is 1.07 bits per heavy atom. The van der Waals surface area contributed by atoms with Crippen LogP contribution in [0.1, 0.15) is 6.92 Å². The molecule has 0 aliphatic carbocycles. The van der Waals surface area contributed by atoms with Gasteiger partial charge in [0.25, 0.3) is 0 Å². The van der Waals surface area contributed by atoms with Gasteiger partial charge in [-0.15, -0.1) is 0 Å². The van der Waals surface area contributed by atoms with Crippen LogP contribution in [0.25, 0.3) is 11.0 Å². The van der Waals surface area contributed by atoms with E-state index in [4.69, 9.17) is 32.7 Å². The highest BCUT2D eigenvalue weighted by Gasteiger charge is 2.25. The summed E-state index contributed by atoms with van der Waals surface area (Å²) in [4.78, 5) is 28.0. The summed E-state index contributed by atoms with van der Waals surface area (Å²) in [6, 6.07) is 1.33. The zero-order valence-corrected chi connectivity index (χ0v) is 17.0. The van der Waals surface area contributed by atoms with Crippen molar-refractivity contribution in [2.24, 2.45) is 0 Å². The molecule has 27 heavy (non-hydrogen) atoms. The summed E-state index contributed by atoms with van der Waals surface area (Å²) in [5.41, 5.74) is -1.67. The van der Waals surface area contributed by atoms with Crippen LogP contribution in [0.3, 0.4) is 0 Å². The molecule has 0 saturated heterocycles. The largest absolute Gasteiger partial charge is 0.379 e. The molecule has 0 amide bonds. The van der Waals surface area contributed by atoms with Gasteiger partial charge in [0.15, 0.2) is 0 Å². The van der Waals surface area contributed by atoms with E-state index in [1.807, 2.05) is 6.92 Å². The molecule has 2 aromatic rings.